The van der Waals surface area contributed by atoms with Crippen LogP contribution in [0.1, 0.15) is 26.2 Å². The summed E-state index contributed by atoms with van der Waals surface area (Å²) in [4.78, 5) is 35.8. The van der Waals surface area contributed by atoms with Gasteiger partial charge in [-0.2, -0.15) is 0 Å². The van der Waals surface area contributed by atoms with Gasteiger partial charge in [-0.3, -0.25) is 19.8 Å². The number of unbranched alkanes of at least 4 members (excludes halogenated alkanes) is 1. The van der Waals surface area contributed by atoms with Crippen LogP contribution < -0.4 is 15.9 Å². The number of para-hydroxylation sites is 3. The van der Waals surface area contributed by atoms with Gasteiger partial charge in [0.2, 0.25) is 5.43 Å². The summed E-state index contributed by atoms with van der Waals surface area (Å²) in [5.41, 5.74) is 4.65. The lowest BCUT2D eigenvalue weighted by Crippen LogP contribution is -2.35. The predicted octanol–water partition coefficient (Wildman–Crippen LogP) is 4.82. The third kappa shape index (κ3) is 4.25. The minimum atomic E-state index is -0.518. The molecule has 1 saturated heterocycles. The Labute approximate surface area is 185 Å². The second kappa shape index (κ2) is 9.47. The lowest BCUT2D eigenvalue weighted by molar-refractivity contribution is -0.127. The highest BCUT2D eigenvalue weighted by Crippen LogP contribution is 2.23. The minimum absolute atomic E-state index is 0.0347. The van der Waals surface area contributed by atoms with Crippen molar-refractivity contribution < 1.29 is 14.0 Å². The van der Waals surface area contributed by atoms with Crippen molar-refractivity contribution in [3.05, 3.63) is 89.1 Å². The van der Waals surface area contributed by atoms with E-state index in [4.69, 9.17) is 4.42 Å². The van der Waals surface area contributed by atoms with Gasteiger partial charge in [0, 0.05) is 0 Å². The molecule has 1 unspecified atom stereocenters. The molecule has 6 heteroatoms. The third-order valence-electron chi connectivity index (χ3n) is 5.40. The molecule has 0 saturated carbocycles. The van der Waals surface area contributed by atoms with Crippen molar-refractivity contribution in [2.45, 2.75) is 26.2 Å². The van der Waals surface area contributed by atoms with Crippen LogP contribution in [0.3, 0.4) is 0 Å². The van der Waals surface area contributed by atoms with Gasteiger partial charge >= 0.3 is 0 Å². The lowest BCUT2D eigenvalue weighted by atomic mass is 10.0. The standard InChI is InChI=1S/C13H16N2O2.C13H8O2/c1-2-3-9-11-12(16)14-15(13(11)17)10-7-5-4-6-8-10;14-13-9-5-1-3-7-11(9)15-12-8-4-2-6-10(12)13/h4-8,11H,2-3,9H2,1H3,(H,14,16);1-8H. The largest absolute Gasteiger partial charge is 0.456 e. The number of nitrogens with zero attached hydrogens (tertiary/aromatic N) is 1. The van der Waals surface area contributed by atoms with Gasteiger partial charge in [-0.25, -0.2) is 5.01 Å². The number of amides is 2. The zero-order valence-corrected chi connectivity index (χ0v) is 17.8. The summed E-state index contributed by atoms with van der Waals surface area (Å²) in [6.07, 6.45) is 2.51. The highest BCUT2D eigenvalue weighted by molar-refractivity contribution is 6.14. The molecule has 2 amide bonds. The molecule has 32 heavy (non-hydrogen) atoms. The molecule has 1 aliphatic rings. The number of nitrogens with one attached hydrogen (secondary N) is 1. The Morgan fingerprint density at radius 1 is 0.812 bits per heavy atom. The van der Waals surface area contributed by atoms with E-state index in [0.29, 0.717) is 34.0 Å². The van der Waals surface area contributed by atoms with E-state index in [9.17, 15) is 14.4 Å². The number of hydrogen-bond acceptors (Lipinski definition) is 4. The van der Waals surface area contributed by atoms with E-state index in [-0.39, 0.29) is 17.2 Å². The van der Waals surface area contributed by atoms with Crippen molar-refractivity contribution >= 4 is 39.4 Å². The zero-order chi connectivity index (χ0) is 22.5. The number of benzene rings is 3. The first-order chi connectivity index (χ1) is 15.6. The summed E-state index contributed by atoms with van der Waals surface area (Å²) in [7, 11) is 0. The van der Waals surface area contributed by atoms with Gasteiger partial charge in [0.25, 0.3) is 11.8 Å². The maximum Gasteiger partial charge on any atom is 0.258 e. The third-order valence-corrected chi connectivity index (χ3v) is 5.40. The Kier molecular flexibility index (Phi) is 6.31. The van der Waals surface area contributed by atoms with E-state index < -0.39 is 5.92 Å². The molecule has 5 rings (SSSR count). The average Bonchev–Trinajstić information content (AvgIpc) is 3.12. The first-order valence-corrected chi connectivity index (χ1v) is 10.7. The molecular formula is C26H24N2O4. The Balaban J connectivity index is 0.000000154. The fourth-order valence-corrected chi connectivity index (χ4v) is 3.69. The van der Waals surface area contributed by atoms with Crippen molar-refractivity contribution in [1.82, 2.24) is 5.43 Å². The quantitative estimate of drug-likeness (QED) is 0.373. The molecule has 4 aromatic rings. The smallest absolute Gasteiger partial charge is 0.258 e. The molecule has 0 aliphatic carbocycles. The van der Waals surface area contributed by atoms with Crippen molar-refractivity contribution in [2.24, 2.45) is 5.92 Å². The highest BCUT2D eigenvalue weighted by Gasteiger charge is 2.39. The molecule has 1 aromatic heterocycles. The fraction of sp³-hybridized carbons (Fsp3) is 0.192. The molecule has 6 nitrogen and oxygen atoms in total. The van der Waals surface area contributed by atoms with Crippen LogP contribution in [0.25, 0.3) is 21.9 Å². The summed E-state index contributed by atoms with van der Waals surface area (Å²) in [6.45, 7) is 2.05. The number of rotatable bonds is 4. The monoisotopic (exact) mass is 428 g/mol. The van der Waals surface area contributed by atoms with Crippen molar-refractivity contribution in [1.29, 1.82) is 0 Å². The molecule has 1 fully saturated rings. The Morgan fingerprint density at radius 2 is 1.38 bits per heavy atom. The van der Waals surface area contributed by atoms with Crippen molar-refractivity contribution in [3.8, 4) is 0 Å². The number of fused-ring (bicyclic) bond motifs is 2. The average molecular weight is 428 g/mol. The van der Waals surface area contributed by atoms with Gasteiger partial charge in [-0.1, -0.05) is 62.2 Å². The summed E-state index contributed by atoms with van der Waals surface area (Å²) in [5, 5.41) is 2.62. The number of carbonyl (C=O) groups is 2. The lowest BCUT2D eigenvalue weighted by Gasteiger charge is -2.14. The van der Waals surface area contributed by atoms with Gasteiger partial charge in [0.15, 0.2) is 0 Å². The molecule has 162 valence electrons. The molecule has 0 spiro atoms. The van der Waals surface area contributed by atoms with E-state index in [0.717, 1.165) is 12.8 Å². The van der Waals surface area contributed by atoms with Crippen LogP contribution in [0.4, 0.5) is 5.69 Å². The molecule has 0 bridgehead atoms. The normalized spacial score (nSPS) is 15.5. The number of hydrazine groups is 1. The van der Waals surface area contributed by atoms with Crippen LogP contribution >= 0.6 is 0 Å². The van der Waals surface area contributed by atoms with E-state index in [1.807, 2.05) is 61.5 Å². The summed E-state index contributed by atoms with van der Waals surface area (Å²) in [5.74, 6) is -0.850. The number of hydrogen-bond donors (Lipinski definition) is 1. The van der Waals surface area contributed by atoms with Crippen LogP contribution in [0.2, 0.25) is 0 Å². The Hall–Kier alpha value is -3.93. The second-order valence-corrected chi connectivity index (χ2v) is 7.60. The van der Waals surface area contributed by atoms with Crippen LogP contribution in [-0.4, -0.2) is 11.8 Å². The van der Waals surface area contributed by atoms with E-state index >= 15 is 0 Å². The second-order valence-electron chi connectivity index (χ2n) is 7.60. The van der Waals surface area contributed by atoms with Gasteiger partial charge in [-0.05, 0) is 42.8 Å². The van der Waals surface area contributed by atoms with Crippen LogP contribution in [0, 0.1) is 5.92 Å². The van der Waals surface area contributed by atoms with Crippen LogP contribution in [-0.2, 0) is 9.59 Å². The zero-order valence-electron chi connectivity index (χ0n) is 17.8. The molecule has 3 aromatic carbocycles. The molecule has 1 N–H and O–H groups in total. The van der Waals surface area contributed by atoms with Gasteiger partial charge in [0.1, 0.15) is 17.1 Å². The van der Waals surface area contributed by atoms with E-state index in [1.165, 1.54) is 5.01 Å². The molecule has 1 atom stereocenters. The van der Waals surface area contributed by atoms with Crippen LogP contribution in [0.5, 0.6) is 0 Å². The van der Waals surface area contributed by atoms with Gasteiger partial charge in [-0.15, -0.1) is 0 Å². The molecule has 1 aliphatic heterocycles. The maximum absolute atomic E-state index is 12.1. The predicted molar refractivity (Wildman–Crippen MR) is 125 cm³/mol. The Bertz CT molecular complexity index is 1260. The molecular weight excluding hydrogens is 404 g/mol. The molecule has 0 radical (unpaired) electrons. The summed E-state index contributed by atoms with van der Waals surface area (Å²) in [6, 6.07) is 23.8. The van der Waals surface area contributed by atoms with Crippen molar-refractivity contribution in [3.63, 3.8) is 0 Å². The van der Waals surface area contributed by atoms with Crippen molar-refractivity contribution in [2.75, 3.05) is 5.01 Å². The maximum atomic E-state index is 12.1. The van der Waals surface area contributed by atoms with E-state index in [2.05, 4.69) is 5.43 Å². The molecule has 2 heterocycles. The van der Waals surface area contributed by atoms with Gasteiger partial charge in [0.05, 0.1) is 16.5 Å². The summed E-state index contributed by atoms with van der Waals surface area (Å²) < 4.78 is 5.63. The Morgan fingerprint density at radius 3 is 1.97 bits per heavy atom. The topological polar surface area (TPSA) is 79.6 Å². The highest BCUT2D eigenvalue weighted by atomic mass is 16.3. The van der Waals surface area contributed by atoms with Gasteiger partial charge < -0.3 is 4.42 Å². The first-order valence-electron chi connectivity index (χ1n) is 10.7. The SMILES string of the molecule is CCCCC1C(=O)NN(c2ccccc2)C1=O.O=c1c2ccccc2oc2ccccc12. The fourth-order valence-electron chi connectivity index (χ4n) is 3.69. The minimum Gasteiger partial charge on any atom is -0.456 e. The first kappa shape index (κ1) is 21.3. The summed E-state index contributed by atoms with van der Waals surface area (Å²) >= 11 is 0. The number of anilines is 1. The number of carbonyl (C=O) groups excluding carboxylic acids is 2. The van der Waals surface area contributed by atoms with E-state index in [1.54, 1.807) is 24.3 Å². The van der Waals surface area contributed by atoms with Crippen LogP contribution in [0.15, 0.2) is 88.1 Å².